The largest absolute Gasteiger partial charge is 1.00 e. The molecule has 0 aliphatic rings. The summed E-state index contributed by atoms with van der Waals surface area (Å²) in [4.78, 5) is 0. The van der Waals surface area contributed by atoms with Gasteiger partial charge in [-0.05, 0) is 72.1 Å². The summed E-state index contributed by atoms with van der Waals surface area (Å²) in [5, 5.41) is 1.11. The van der Waals surface area contributed by atoms with Crippen molar-refractivity contribution >= 4 is 15.9 Å². The Kier molecular flexibility index (Phi) is 17.0. The molecule has 228 valence electrons. The van der Waals surface area contributed by atoms with Crippen LogP contribution in [0.4, 0.5) is 0 Å². The maximum Gasteiger partial charge on any atom is 0.119 e. The van der Waals surface area contributed by atoms with E-state index in [1.54, 1.807) is 0 Å². The number of halogens is 2. The normalized spacial score (nSPS) is 12.2. The fourth-order valence-electron chi connectivity index (χ4n) is 5.24. The summed E-state index contributed by atoms with van der Waals surface area (Å²) < 4.78 is 18.6. The fraction of sp³-hybridized carbons (Fsp3) is 0.647. The minimum Gasteiger partial charge on any atom is -1.00 e. The van der Waals surface area contributed by atoms with Gasteiger partial charge in [0.2, 0.25) is 0 Å². The third kappa shape index (κ3) is 15.8. The first-order valence-electron chi connectivity index (χ1n) is 14.8. The predicted octanol–water partition coefficient (Wildman–Crippen LogP) is 5.80. The van der Waals surface area contributed by atoms with Gasteiger partial charge in [0, 0.05) is 10.9 Å². The van der Waals surface area contributed by atoms with Crippen molar-refractivity contribution in [2.75, 3.05) is 52.4 Å². The summed E-state index contributed by atoms with van der Waals surface area (Å²) in [7, 11) is 4.51. The van der Waals surface area contributed by atoms with Crippen molar-refractivity contribution in [1.82, 2.24) is 0 Å². The smallest absolute Gasteiger partial charge is 0.119 e. The van der Waals surface area contributed by atoms with Crippen LogP contribution >= 0.6 is 15.9 Å². The van der Waals surface area contributed by atoms with Gasteiger partial charge in [-0.15, -0.1) is 0 Å². The number of nitrogens with zero attached hydrogens (tertiary/aromatic N) is 1. The molecule has 0 bridgehead atoms. The van der Waals surface area contributed by atoms with Crippen LogP contribution < -0.4 is 26.5 Å². The van der Waals surface area contributed by atoms with Crippen molar-refractivity contribution in [3.05, 3.63) is 59.7 Å². The Morgan fingerprint density at radius 3 is 1.82 bits per heavy atom. The molecule has 0 heterocycles. The van der Waals surface area contributed by atoms with Gasteiger partial charge in [-0.25, -0.2) is 0 Å². The first kappa shape index (κ1) is 36.9. The average Bonchev–Trinajstić information content (AvgIpc) is 2.85. The van der Waals surface area contributed by atoms with Crippen molar-refractivity contribution in [1.29, 1.82) is 0 Å². The van der Waals surface area contributed by atoms with Gasteiger partial charge in [0.15, 0.2) is 0 Å². The Morgan fingerprint density at radius 2 is 1.23 bits per heavy atom. The van der Waals surface area contributed by atoms with Crippen LogP contribution in [0.15, 0.2) is 48.5 Å². The molecule has 4 nitrogen and oxygen atoms in total. The van der Waals surface area contributed by atoms with Crippen LogP contribution in [-0.2, 0) is 16.7 Å². The summed E-state index contributed by atoms with van der Waals surface area (Å²) in [5.41, 5.74) is 3.12. The van der Waals surface area contributed by atoms with Crippen LogP contribution in [0.3, 0.4) is 0 Å². The molecule has 0 aliphatic heterocycles. The predicted molar refractivity (Wildman–Crippen MR) is 169 cm³/mol. The highest BCUT2D eigenvalue weighted by Crippen LogP contribution is 2.36. The van der Waals surface area contributed by atoms with Crippen LogP contribution in [0.1, 0.15) is 84.3 Å². The van der Waals surface area contributed by atoms with Gasteiger partial charge in [0.05, 0.1) is 33.9 Å². The van der Waals surface area contributed by atoms with E-state index in [4.69, 9.17) is 14.2 Å². The molecular formula is C34H55Br2NO3. The van der Waals surface area contributed by atoms with E-state index in [1.165, 1.54) is 36.8 Å². The van der Waals surface area contributed by atoms with E-state index in [1.807, 2.05) is 0 Å². The molecule has 0 saturated heterocycles. The Hall–Kier alpha value is -1.08. The van der Waals surface area contributed by atoms with Gasteiger partial charge in [0.1, 0.15) is 31.2 Å². The highest BCUT2D eigenvalue weighted by molar-refractivity contribution is 9.09. The minimum absolute atomic E-state index is 0. The maximum absolute atomic E-state index is 5.93. The maximum atomic E-state index is 5.93. The Balaban J connectivity index is 0.00000800. The van der Waals surface area contributed by atoms with Gasteiger partial charge >= 0.3 is 0 Å². The molecule has 0 atom stereocenters. The van der Waals surface area contributed by atoms with E-state index in [0.29, 0.717) is 25.2 Å². The lowest BCUT2D eigenvalue weighted by molar-refractivity contribution is -0.904. The number of ether oxygens (including phenoxy) is 3. The second-order valence-electron chi connectivity index (χ2n) is 13.4. The van der Waals surface area contributed by atoms with Gasteiger partial charge in [-0.2, -0.15) is 0 Å². The van der Waals surface area contributed by atoms with Crippen molar-refractivity contribution in [3.63, 3.8) is 0 Å². The van der Waals surface area contributed by atoms with E-state index < -0.39 is 0 Å². The van der Waals surface area contributed by atoms with E-state index in [9.17, 15) is 0 Å². The van der Waals surface area contributed by atoms with Crippen LogP contribution in [0.5, 0.6) is 11.5 Å². The van der Waals surface area contributed by atoms with Gasteiger partial charge < -0.3 is 35.7 Å². The molecule has 0 aliphatic carbocycles. The third-order valence-electron chi connectivity index (χ3n) is 7.03. The molecule has 6 heteroatoms. The molecule has 2 aromatic carbocycles. The highest BCUT2D eigenvalue weighted by atomic mass is 79.9. The number of rotatable bonds is 19. The van der Waals surface area contributed by atoms with E-state index in [0.717, 1.165) is 53.9 Å². The second-order valence-corrected chi connectivity index (χ2v) is 14.2. The molecule has 0 N–H and O–H groups in total. The zero-order valence-corrected chi connectivity index (χ0v) is 29.4. The fourth-order valence-corrected chi connectivity index (χ4v) is 5.64. The van der Waals surface area contributed by atoms with Crippen molar-refractivity contribution in [2.24, 2.45) is 5.41 Å². The first-order chi connectivity index (χ1) is 18.4. The van der Waals surface area contributed by atoms with E-state index in [-0.39, 0.29) is 22.4 Å². The molecule has 0 saturated carbocycles. The number of hydrogen-bond donors (Lipinski definition) is 0. The van der Waals surface area contributed by atoms with Gasteiger partial charge in [-0.1, -0.05) is 81.9 Å². The first-order valence-corrected chi connectivity index (χ1v) is 15.9. The Bertz CT molecular complexity index is 922. The van der Waals surface area contributed by atoms with E-state index >= 15 is 0 Å². The second kappa shape index (κ2) is 18.5. The topological polar surface area (TPSA) is 27.7 Å². The number of quaternary nitrogens is 1. The number of alkyl halides is 1. The molecule has 2 aromatic rings. The molecular weight excluding hydrogens is 630 g/mol. The molecule has 0 radical (unpaired) electrons. The van der Waals surface area contributed by atoms with E-state index in [2.05, 4.69) is 113 Å². The number of hydrogen-bond acceptors (Lipinski definition) is 3. The van der Waals surface area contributed by atoms with Crippen molar-refractivity contribution < 1.29 is 35.7 Å². The Morgan fingerprint density at radius 1 is 0.675 bits per heavy atom. The molecule has 0 unspecified atom stereocenters. The lowest BCUT2D eigenvalue weighted by Gasteiger charge is -2.33. The molecule has 0 aromatic heterocycles. The lowest BCUT2D eigenvalue weighted by atomic mass is 9.72. The minimum atomic E-state index is 0. The molecule has 2 rings (SSSR count). The number of unbranched alkanes of at least 4 members (excludes halogenated alkanes) is 4. The summed E-state index contributed by atoms with van der Waals surface area (Å²) in [6.45, 7) is 16.1. The zero-order chi connectivity index (χ0) is 28.8. The molecule has 0 spiro atoms. The molecule has 40 heavy (non-hydrogen) atoms. The monoisotopic (exact) mass is 683 g/mol. The highest BCUT2D eigenvalue weighted by Gasteiger charge is 2.27. The van der Waals surface area contributed by atoms with Crippen LogP contribution in [0, 0.1) is 5.41 Å². The zero-order valence-electron chi connectivity index (χ0n) is 26.2. The standard InChI is InChI=1S/C34H55BrNO3.BrH/c1-33(2,3)28-34(4,5)30-15-19-32(20-16-30)39-26-25-37-24-22-36(6,7)27-29-13-17-31(18-14-29)38-23-12-10-8-9-11-21-35;/h13-20H,8-12,21-28H2,1-7H3;1H/q+1;/p-1. The average molecular weight is 686 g/mol. The van der Waals surface area contributed by atoms with Gasteiger partial charge in [-0.3, -0.25) is 0 Å². The quantitative estimate of drug-likeness (QED) is 0.106. The summed E-state index contributed by atoms with van der Waals surface area (Å²) >= 11 is 3.49. The van der Waals surface area contributed by atoms with Crippen LogP contribution in [0.25, 0.3) is 0 Å². The summed E-state index contributed by atoms with van der Waals surface area (Å²) in [5.74, 6) is 1.87. The summed E-state index contributed by atoms with van der Waals surface area (Å²) in [6.07, 6.45) is 7.38. The van der Waals surface area contributed by atoms with Gasteiger partial charge in [0.25, 0.3) is 0 Å². The van der Waals surface area contributed by atoms with Crippen molar-refractivity contribution in [3.8, 4) is 11.5 Å². The number of benzene rings is 2. The Labute approximate surface area is 264 Å². The number of likely N-dealkylation sites (N-methyl/N-ethyl adjacent to an activating group) is 1. The SMILES string of the molecule is CC(C)(C)CC(C)(C)c1ccc(OCCOCC[N+](C)(C)Cc2ccc(OCCCCCCCBr)cc2)cc1.[Br-]. The summed E-state index contributed by atoms with van der Waals surface area (Å²) in [6, 6.07) is 17.2. The lowest BCUT2D eigenvalue weighted by Crippen LogP contribution is -3.00. The van der Waals surface area contributed by atoms with Crippen molar-refractivity contribution in [2.45, 2.75) is 85.1 Å². The third-order valence-corrected chi connectivity index (χ3v) is 7.59. The molecule has 0 fully saturated rings. The van der Waals surface area contributed by atoms with Crippen LogP contribution in [-0.4, -0.2) is 56.9 Å². The molecule has 0 amide bonds. The van der Waals surface area contributed by atoms with Crippen LogP contribution in [0.2, 0.25) is 0 Å².